The molecule has 0 aliphatic carbocycles. The van der Waals surface area contributed by atoms with Crippen LogP contribution in [0.15, 0.2) is 42.9 Å². The number of benzene rings is 1. The van der Waals surface area contributed by atoms with E-state index in [2.05, 4.69) is 28.7 Å². The van der Waals surface area contributed by atoms with Gasteiger partial charge in [0.1, 0.15) is 0 Å². The molecule has 0 aliphatic heterocycles. The topological polar surface area (TPSA) is 43.8 Å². The van der Waals surface area contributed by atoms with E-state index in [9.17, 15) is 0 Å². The first-order valence-electron chi connectivity index (χ1n) is 6.56. The maximum Gasteiger partial charge on any atom is 0.0487 e. The van der Waals surface area contributed by atoms with E-state index < -0.39 is 0 Å². The molecule has 1 aromatic carbocycles. The fraction of sp³-hybridized carbons (Fsp3) is 0.188. The number of hydrogen-bond donors (Lipinski definition) is 1. The summed E-state index contributed by atoms with van der Waals surface area (Å²) in [5.74, 6) is 0. The van der Waals surface area contributed by atoms with Crippen LogP contribution in [0.4, 0.5) is 0 Å². The number of fused-ring (bicyclic) bond motifs is 1. The summed E-state index contributed by atoms with van der Waals surface area (Å²) in [6.07, 6.45) is 5.83. The van der Waals surface area contributed by atoms with Crippen molar-refractivity contribution >= 4 is 22.5 Å². The summed E-state index contributed by atoms with van der Waals surface area (Å²) in [6.45, 7) is 3.40. The summed E-state index contributed by atoms with van der Waals surface area (Å²) >= 11 is 6.08. The van der Waals surface area contributed by atoms with Crippen LogP contribution in [0.2, 0.25) is 5.02 Å². The smallest absolute Gasteiger partial charge is 0.0487 e. The first kappa shape index (κ1) is 13.2. The first-order chi connectivity index (χ1) is 9.69. The molecule has 20 heavy (non-hydrogen) atoms. The average molecular weight is 286 g/mol. The highest BCUT2D eigenvalue weighted by Crippen LogP contribution is 2.25. The van der Waals surface area contributed by atoms with Crippen LogP contribution in [0, 0.1) is 6.92 Å². The molecular weight excluding hydrogens is 270 g/mol. The van der Waals surface area contributed by atoms with Crippen LogP contribution in [-0.4, -0.2) is 9.55 Å². The quantitative estimate of drug-likeness (QED) is 0.800. The van der Waals surface area contributed by atoms with Gasteiger partial charge in [0.15, 0.2) is 0 Å². The van der Waals surface area contributed by atoms with Gasteiger partial charge in [-0.05, 0) is 47.9 Å². The fourth-order valence-corrected chi connectivity index (χ4v) is 2.67. The Labute approximate surface area is 123 Å². The standard InChI is InChI=1S/C16H16ClN3/c1-11-8-19-5-4-12(11)9-20-10-13(7-18)15-6-14(17)2-3-16(15)20/h2-6,8,10H,7,9,18H2,1H3. The molecule has 0 bridgehead atoms. The van der Waals surface area contributed by atoms with Crippen LogP contribution in [0.5, 0.6) is 0 Å². The second kappa shape index (κ2) is 5.27. The van der Waals surface area contributed by atoms with E-state index in [0.717, 1.165) is 28.0 Å². The minimum Gasteiger partial charge on any atom is -0.343 e. The molecule has 0 unspecified atom stereocenters. The summed E-state index contributed by atoms with van der Waals surface area (Å²) in [6, 6.07) is 8.00. The highest BCUT2D eigenvalue weighted by atomic mass is 35.5. The molecule has 3 rings (SSSR count). The zero-order chi connectivity index (χ0) is 14.1. The van der Waals surface area contributed by atoms with Crippen molar-refractivity contribution in [1.82, 2.24) is 9.55 Å². The van der Waals surface area contributed by atoms with Gasteiger partial charge in [0.25, 0.3) is 0 Å². The third-order valence-electron chi connectivity index (χ3n) is 3.62. The largest absolute Gasteiger partial charge is 0.343 e. The third kappa shape index (κ3) is 2.30. The lowest BCUT2D eigenvalue weighted by molar-refractivity contribution is 0.821. The molecular formula is C16H16ClN3. The van der Waals surface area contributed by atoms with E-state index in [1.165, 1.54) is 11.1 Å². The summed E-state index contributed by atoms with van der Waals surface area (Å²) in [5, 5.41) is 1.87. The Balaban J connectivity index is 2.10. The van der Waals surface area contributed by atoms with E-state index >= 15 is 0 Å². The lowest BCUT2D eigenvalue weighted by atomic mass is 10.1. The SMILES string of the molecule is Cc1cnccc1Cn1cc(CN)c2cc(Cl)ccc21. The Bertz CT molecular complexity index is 762. The summed E-state index contributed by atoms with van der Waals surface area (Å²) < 4.78 is 2.22. The predicted molar refractivity (Wildman–Crippen MR) is 82.9 cm³/mol. The van der Waals surface area contributed by atoms with Crippen LogP contribution in [0.25, 0.3) is 10.9 Å². The minimum atomic E-state index is 0.513. The molecule has 2 aromatic heterocycles. The highest BCUT2D eigenvalue weighted by molar-refractivity contribution is 6.31. The van der Waals surface area contributed by atoms with Gasteiger partial charge >= 0.3 is 0 Å². The zero-order valence-electron chi connectivity index (χ0n) is 11.3. The monoisotopic (exact) mass is 285 g/mol. The van der Waals surface area contributed by atoms with E-state index in [4.69, 9.17) is 17.3 Å². The van der Waals surface area contributed by atoms with Gasteiger partial charge in [-0.25, -0.2) is 0 Å². The van der Waals surface area contributed by atoms with Crippen molar-refractivity contribution < 1.29 is 0 Å². The molecule has 0 fully saturated rings. The molecule has 0 radical (unpaired) electrons. The van der Waals surface area contributed by atoms with Gasteiger partial charge < -0.3 is 10.3 Å². The molecule has 4 heteroatoms. The molecule has 2 heterocycles. The van der Waals surface area contributed by atoms with Gasteiger partial charge in [-0.2, -0.15) is 0 Å². The van der Waals surface area contributed by atoms with Crippen molar-refractivity contribution in [2.45, 2.75) is 20.0 Å². The van der Waals surface area contributed by atoms with E-state index in [-0.39, 0.29) is 0 Å². The number of nitrogens with zero attached hydrogens (tertiary/aromatic N) is 2. The van der Waals surface area contributed by atoms with Gasteiger partial charge in [-0.3, -0.25) is 4.98 Å². The summed E-state index contributed by atoms with van der Waals surface area (Å²) in [5.41, 5.74) is 10.6. The Morgan fingerprint density at radius 3 is 2.85 bits per heavy atom. The Morgan fingerprint density at radius 1 is 1.25 bits per heavy atom. The lowest BCUT2D eigenvalue weighted by Gasteiger charge is -2.08. The predicted octanol–water partition coefficient (Wildman–Crippen LogP) is 3.51. The fourth-order valence-electron chi connectivity index (χ4n) is 2.50. The van der Waals surface area contributed by atoms with Crippen molar-refractivity contribution in [3.05, 3.63) is 64.6 Å². The van der Waals surface area contributed by atoms with Crippen LogP contribution < -0.4 is 5.73 Å². The molecule has 0 amide bonds. The van der Waals surface area contributed by atoms with Gasteiger partial charge in [0.2, 0.25) is 0 Å². The third-order valence-corrected chi connectivity index (χ3v) is 3.86. The second-order valence-electron chi connectivity index (χ2n) is 4.95. The molecule has 0 saturated heterocycles. The molecule has 102 valence electrons. The number of nitrogens with two attached hydrogens (primary N) is 1. The Morgan fingerprint density at radius 2 is 2.10 bits per heavy atom. The molecule has 0 saturated carbocycles. The van der Waals surface area contributed by atoms with E-state index in [0.29, 0.717) is 6.54 Å². The van der Waals surface area contributed by atoms with Crippen LogP contribution in [0.3, 0.4) is 0 Å². The van der Waals surface area contributed by atoms with Crippen molar-refractivity contribution in [2.75, 3.05) is 0 Å². The number of halogens is 1. The Hall–Kier alpha value is -1.84. The molecule has 0 aliphatic rings. The van der Waals surface area contributed by atoms with Gasteiger partial charge in [0.05, 0.1) is 0 Å². The second-order valence-corrected chi connectivity index (χ2v) is 5.39. The van der Waals surface area contributed by atoms with Crippen molar-refractivity contribution in [2.24, 2.45) is 5.73 Å². The average Bonchev–Trinajstić information content (AvgIpc) is 2.78. The van der Waals surface area contributed by atoms with E-state index in [1.54, 1.807) is 0 Å². The van der Waals surface area contributed by atoms with Gasteiger partial charge in [0, 0.05) is 47.6 Å². The van der Waals surface area contributed by atoms with Crippen LogP contribution in [0.1, 0.15) is 16.7 Å². The highest BCUT2D eigenvalue weighted by Gasteiger charge is 2.09. The zero-order valence-corrected chi connectivity index (χ0v) is 12.1. The van der Waals surface area contributed by atoms with Crippen molar-refractivity contribution in [3.63, 3.8) is 0 Å². The maximum absolute atomic E-state index is 6.08. The molecule has 3 aromatic rings. The maximum atomic E-state index is 6.08. The number of hydrogen-bond acceptors (Lipinski definition) is 2. The van der Waals surface area contributed by atoms with E-state index in [1.807, 2.05) is 30.6 Å². The minimum absolute atomic E-state index is 0.513. The summed E-state index contributed by atoms with van der Waals surface area (Å²) in [7, 11) is 0. The van der Waals surface area contributed by atoms with Crippen molar-refractivity contribution in [3.8, 4) is 0 Å². The molecule has 3 nitrogen and oxygen atoms in total. The summed E-state index contributed by atoms with van der Waals surface area (Å²) in [4.78, 5) is 4.14. The first-order valence-corrected chi connectivity index (χ1v) is 6.93. The number of aromatic nitrogens is 2. The van der Waals surface area contributed by atoms with Crippen LogP contribution >= 0.6 is 11.6 Å². The number of aryl methyl sites for hydroxylation is 1. The normalized spacial score (nSPS) is 11.2. The number of rotatable bonds is 3. The molecule has 0 spiro atoms. The lowest BCUT2D eigenvalue weighted by Crippen LogP contribution is -2.00. The van der Waals surface area contributed by atoms with Gasteiger partial charge in [-0.1, -0.05) is 11.6 Å². The molecule has 2 N–H and O–H groups in total. The molecule has 0 atom stereocenters. The van der Waals surface area contributed by atoms with Crippen molar-refractivity contribution in [1.29, 1.82) is 0 Å². The van der Waals surface area contributed by atoms with Crippen LogP contribution in [-0.2, 0) is 13.1 Å². The van der Waals surface area contributed by atoms with Gasteiger partial charge in [-0.15, -0.1) is 0 Å². The Kier molecular flexibility index (Phi) is 3.47. The number of pyridine rings is 1.